The first-order valence-corrected chi connectivity index (χ1v) is 11.4. The van der Waals surface area contributed by atoms with Crippen LogP contribution in [0.1, 0.15) is 49.1 Å². The molecule has 3 aromatic rings. The zero-order chi connectivity index (χ0) is 20.8. The van der Waals surface area contributed by atoms with Crippen LogP contribution >= 0.6 is 0 Å². The SMILES string of the molecule is O=C1C[C@@H](c2ccccc2)CC2=C1[C@@H]([C@H]1CC=CCC1)Nc1ccc3ncccc3c12. The van der Waals surface area contributed by atoms with Crippen LogP contribution in [0.3, 0.4) is 0 Å². The summed E-state index contributed by atoms with van der Waals surface area (Å²) in [4.78, 5) is 18.3. The van der Waals surface area contributed by atoms with Crippen molar-refractivity contribution in [3.63, 3.8) is 0 Å². The maximum absolute atomic E-state index is 13.7. The van der Waals surface area contributed by atoms with Gasteiger partial charge in [0.05, 0.1) is 11.6 Å². The lowest BCUT2D eigenvalue weighted by Crippen LogP contribution is -2.40. The Balaban J connectivity index is 1.54. The van der Waals surface area contributed by atoms with Crippen LogP contribution in [0.15, 0.2) is 78.5 Å². The van der Waals surface area contributed by atoms with Crippen molar-refractivity contribution >= 4 is 27.9 Å². The predicted octanol–water partition coefficient (Wildman–Crippen LogP) is 6.29. The molecular formula is C28H26N2O. The standard InChI is InChI=1S/C28H26N2O/c31-25-17-20(18-8-3-1-4-9-18)16-22-26-21-12-7-15-29-23(21)13-14-24(26)30-28(27(22)25)19-10-5-2-6-11-19/h1-5,7-9,12-15,19-20,28,30H,6,10-11,16-17H2/t19-,20-,28+/m0/s1. The van der Waals surface area contributed by atoms with E-state index < -0.39 is 0 Å². The summed E-state index contributed by atoms with van der Waals surface area (Å²) in [5, 5.41) is 4.94. The van der Waals surface area contributed by atoms with Gasteiger partial charge in [-0.3, -0.25) is 9.78 Å². The van der Waals surface area contributed by atoms with Crippen molar-refractivity contribution in [1.82, 2.24) is 4.98 Å². The summed E-state index contributed by atoms with van der Waals surface area (Å²) in [6.07, 6.45) is 11.2. The van der Waals surface area contributed by atoms with Gasteiger partial charge in [-0.25, -0.2) is 0 Å². The van der Waals surface area contributed by atoms with Gasteiger partial charge in [-0.2, -0.15) is 0 Å². The van der Waals surface area contributed by atoms with Crippen molar-refractivity contribution in [2.24, 2.45) is 5.92 Å². The predicted molar refractivity (Wildman–Crippen MR) is 126 cm³/mol. The fraction of sp³-hybridized carbons (Fsp3) is 0.286. The number of hydrogen-bond donors (Lipinski definition) is 1. The average Bonchev–Trinajstić information content (AvgIpc) is 2.84. The number of pyridine rings is 1. The first-order chi connectivity index (χ1) is 15.3. The van der Waals surface area contributed by atoms with E-state index >= 15 is 0 Å². The molecule has 2 aromatic carbocycles. The number of fused-ring (bicyclic) bond motifs is 4. The minimum Gasteiger partial charge on any atom is -0.377 e. The molecule has 154 valence electrons. The first-order valence-electron chi connectivity index (χ1n) is 11.4. The van der Waals surface area contributed by atoms with Gasteiger partial charge in [0.15, 0.2) is 5.78 Å². The lowest BCUT2D eigenvalue weighted by atomic mass is 9.69. The second-order valence-electron chi connectivity index (χ2n) is 9.06. The van der Waals surface area contributed by atoms with Crippen LogP contribution in [-0.4, -0.2) is 16.8 Å². The zero-order valence-corrected chi connectivity index (χ0v) is 17.6. The molecule has 3 aliphatic rings. The Labute approximate surface area is 182 Å². The molecule has 2 aliphatic carbocycles. The minimum absolute atomic E-state index is 0.103. The molecule has 0 amide bonds. The molecule has 0 bridgehead atoms. The number of aromatic nitrogens is 1. The van der Waals surface area contributed by atoms with E-state index in [-0.39, 0.29) is 12.0 Å². The van der Waals surface area contributed by atoms with Crippen LogP contribution in [0.4, 0.5) is 5.69 Å². The van der Waals surface area contributed by atoms with Crippen molar-refractivity contribution < 1.29 is 4.79 Å². The summed E-state index contributed by atoms with van der Waals surface area (Å²) in [6.45, 7) is 0. The van der Waals surface area contributed by atoms with Gasteiger partial charge in [0.25, 0.3) is 0 Å². The summed E-state index contributed by atoms with van der Waals surface area (Å²) in [7, 11) is 0. The fourth-order valence-corrected chi connectivity index (χ4v) is 5.80. The molecule has 1 aromatic heterocycles. The minimum atomic E-state index is 0.103. The third-order valence-electron chi connectivity index (χ3n) is 7.27. The van der Waals surface area contributed by atoms with E-state index in [0.717, 1.165) is 47.8 Å². The summed E-state index contributed by atoms with van der Waals surface area (Å²) in [6, 6.07) is 19.1. The van der Waals surface area contributed by atoms with Crippen molar-refractivity contribution in [2.75, 3.05) is 5.32 Å². The Kier molecular flexibility index (Phi) is 4.48. The Bertz CT molecular complexity index is 1220. The van der Waals surface area contributed by atoms with Gasteiger partial charge >= 0.3 is 0 Å². The molecule has 0 spiro atoms. The topological polar surface area (TPSA) is 42.0 Å². The number of carbonyl (C=O) groups is 1. The summed E-state index contributed by atoms with van der Waals surface area (Å²) < 4.78 is 0. The summed E-state index contributed by atoms with van der Waals surface area (Å²) in [5.41, 5.74) is 6.88. The maximum Gasteiger partial charge on any atom is 0.161 e. The molecule has 2 heterocycles. The van der Waals surface area contributed by atoms with Crippen LogP contribution in [0.2, 0.25) is 0 Å². The second kappa shape index (κ2) is 7.49. The van der Waals surface area contributed by atoms with E-state index in [1.54, 1.807) is 0 Å². The van der Waals surface area contributed by atoms with Crippen molar-refractivity contribution in [2.45, 2.75) is 44.1 Å². The molecule has 0 fully saturated rings. The normalized spacial score (nSPS) is 25.2. The van der Waals surface area contributed by atoms with Gasteiger partial charge in [-0.15, -0.1) is 0 Å². The lowest BCUT2D eigenvalue weighted by Gasteiger charge is -2.40. The number of nitrogens with zero attached hydrogens (tertiary/aromatic N) is 1. The molecule has 3 nitrogen and oxygen atoms in total. The molecular weight excluding hydrogens is 380 g/mol. The van der Waals surface area contributed by atoms with Crippen LogP contribution in [0.5, 0.6) is 0 Å². The molecule has 3 heteroatoms. The molecule has 31 heavy (non-hydrogen) atoms. The average molecular weight is 407 g/mol. The number of Topliss-reactive ketones (excluding diaryl/α,β-unsaturated/α-hetero) is 1. The number of rotatable bonds is 2. The number of benzene rings is 2. The molecule has 3 atom stereocenters. The highest BCUT2D eigenvalue weighted by atomic mass is 16.1. The Morgan fingerprint density at radius 3 is 2.68 bits per heavy atom. The number of anilines is 1. The fourth-order valence-electron chi connectivity index (χ4n) is 5.80. The van der Waals surface area contributed by atoms with E-state index in [2.05, 4.69) is 64.9 Å². The van der Waals surface area contributed by atoms with Gasteiger partial charge in [-0.05, 0) is 66.9 Å². The largest absolute Gasteiger partial charge is 0.377 e. The van der Waals surface area contributed by atoms with Gasteiger partial charge < -0.3 is 5.32 Å². The highest BCUT2D eigenvalue weighted by Gasteiger charge is 2.40. The van der Waals surface area contributed by atoms with Crippen LogP contribution in [0.25, 0.3) is 16.5 Å². The van der Waals surface area contributed by atoms with E-state index in [1.807, 2.05) is 18.3 Å². The molecule has 6 rings (SSSR count). The van der Waals surface area contributed by atoms with Crippen LogP contribution in [0, 0.1) is 5.92 Å². The number of ketones is 1. The van der Waals surface area contributed by atoms with Gasteiger partial charge in [0.2, 0.25) is 0 Å². The monoisotopic (exact) mass is 406 g/mol. The first kappa shape index (κ1) is 18.6. The second-order valence-corrected chi connectivity index (χ2v) is 9.06. The zero-order valence-electron chi connectivity index (χ0n) is 17.6. The third kappa shape index (κ3) is 3.11. The Hall–Kier alpha value is -3.20. The highest BCUT2D eigenvalue weighted by Crippen LogP contribution is 2.49. The molecule has 0 unspecified atom stereocenters. The number of nitrogens with one attached hydrogen (secondary N) is 1. The van der Waals surface area contributed by atoms with Gasteiger partial charge in [-0.1, -0.05) is 48.6 Å². The smallest absolute Gasteiger partial charge is 0.161 e. The Morgan fingerprint density at radius 1 is 0.935 bits per heavy atom. The van der Waals surface area contributed by atoms with E-state index in [9.17, 15) is 4.79 Å². The lowest BCUT2D eigenvalue weighted by molar-refractivity contribution is -0.116. The quantitative estimate of drug-likeness (QED) is 0.509. The molecule has 0 saturated carbocycles. The van der Waals surface area contributed by atoms with Crippen LogP contribution in [-0.2, 0) is 4.79 Å². The molecule has 1 aliphatic heterocycles. The molecule has 0 radical (unpaired) electrons. The van der Waals surface area contributed by atoms with Gasteiger partial charge in [0.1, 0.15) is 0 Å². The summed E-state index contributed by atoms with van der Waals surface area (Å²) >= 11 is 0. The van der Waals surface area contributed by atoms with E-state index in [1.165, 1.54) is 16.7 Å². The molecule has 1 N–H and O–H groups in total. The number of carbonyl (C=O) groups excluding carboxylic acids is 1. The van der Waals surface area contributed by atoms with E-state index in [0.29, 0.717) is 18.1 Å². The van der Waals surface area contributed by atoms with Crippen LogP contribution < -0.4 is 5.32 Å². The molecule has 0 saturated heterocycles. The van der Waals surface area contributed by atoms with Crippen molar-refractivity contribution in [3.05, 3.63) is 89.6 Å². The van der Waals surface area contributed by atoms with E-state index in [4.69, 9.17) is 0 Å². The summed E-state index contributed by atoms with van der Waals surface area (Å²) in [5.74, 6) is 1.01. The Morgan fingerprint density at radius 2 is 1.84 bits per heavy atom. The maximum atomic E-state index is 13.7. The number of hydrogen-bond acceptors (Lipinski definition) is 3. The number of allylic oxidation sites excluding steroid dienone is 3. The van der Waals surface area contributed by atoms with Crippen molar-refractivity contribution in [1.29, 1.82) is 0 Å². The van der Waals surface area contributed by atoms with Gasteiger partial charge in [0, 0.05) is 34.8 Å². The third-order valence-corrected chi connectivity index (χ3v) is 7.27. The highest BCUT2D eigenvalue weighted by molar-refractivity contribution is 6.12. The van der Waals surface area contributed by atoms with Crippen molar-refractivity contribution in [3.8, 4) is 0 Å².